The Morgan fingerprint density at radius 2 is 1.53 bits per heavy atom. The summed E-state index contributed by atoms with van der Waals surface area (Å²) < 4.78 is 36.5. The van der Waals surface area contributed by atoms with E-state index in [1.165, 1.54) is 12.2 Å². The molecule has 3 atom stereocenters. The first-order valence-electron chi connectivity index (χ1n) is 25.4. The average Bonchev–Trinajstić information content (AvgIpc) is 4.13. The minimum atomic E-state index is -1.08. The van der Waals surface area contributed by atoms with Crippen LogP contribution in [0, 0.1) is 23.0 Å². The van der Waals surface area contributed by atoms with Gasteiger partial charge in [0, 0.05) is 61.0 Å². The molecule has 8 N–H and O–H groups in total. The molecular formula is C55H65F2N11O9S. The molecule has 1 aliphatic rings. The smallest absolute Gasteiger partial charge is 0.407 e. The normalized spacial score (nSPS) is 13.4. The number of thiazole rings is 1. The van der Waals surface area contributed by atoms with E-state index >= 15 is 4.39 Å². The summed E-state index contributed by atoms with van der Waals surface area (Å²) >= 11 is 1.15. The molecule has 0 spiro atoms. The maximum Gasteiger partial charge on any atom is 0.407 e. The fourth-order valence-electron chi connectivity index (χ4n) is 8.23. The molecule has 3 aromatic carbocycles. The molecule has 0 saturated heterocycles. The van der Waals surface area contributed by atoms with E-state index in [2.05, 4.69) is 36.9 Å². The number of carbonyl (C=O) groups is 8. The van der Waals surface area contributed by atoms with Gasteiger partial charge in [0.2, 0.25) is 17.7 Å². The van der Waals surface area contributed by atoms with Crippen molar-refractivity contribution in [3.05, 3.63) is 136 Å². The quantitative estimate of drug-likeness (QED) is 0.0224. The van der Waals surface area contributed by atoms with Gasteiger partial charge in [-0.15, -0.1) is 11.3 Å². The number of aromatic nitrogens is 3. The van der Waals surface area contributed by atoms with Crippen molar-refractivity contribution in [1.82, 2.24) is 46.0 Å². The van der Waals surface area contributed by atoms with Gasteiger partial charge in [0.25, 0.3) is 17.7 Å². The summed E-state index contributed by atoms with van der Waals surface area (Å²) in [6.07, 6.45) is 5.33. The van der Waals surface area contributed by atoms with Crippen LogP contribution >= 0.6 is 11.3 Å². The number of nitrogens with two attached hydrogens (primary N) is 1. The number of amides is 9. The fraction of sp³-hybridized carbons (Fsp3) is 0.382. The van der Waals surface area contributed by atoms with Crippen molar-refractivity contribution >= 4 is 64.6 Å². The molecule has 0 saturated carbocycles. The monoisotopic (exact) mass is 1090 g/mol. The predicted octanol–water partition coefficient (Wildman–Crippen LogP) is 6.77. The van der Waals surface area contributed by atoms with E-state index in [0.717, 1.165) is 40.0 Å². The molecule has 0 fully saturated rings. The first-order chi connectivity index (χ1) is 37.1. The van der Waals surface area contributed by atoms with Gasteiger partial charge in [0.15, 0.2) is 0 Å². The number of halogens is 2. The number of alkyl carbamates (subject to hydrolysis) is 1. The van der Waals surface area contributed by atoms with E-state index in [1.807, 2.05) is 55.7 Å². The Bertz CT molecular complexity index is 2960. The summed E-state index contributed by atoms with van der Waals surface area (Å²) in [5.41, 5.74) is 6.73. The summed E-state index contributed by atoms with van der Waals surface area (Å²) in [6, 6.07) is 15.6. The summed E-state index contributed by atoms with van der Waals surface area (Å²) in [5.74, 6) is -3.98. The highest BCUT2D eigenvalue weighted by molar-refractivity contribution is 7.09. The molecule has 78 heavy (non-hydrogen) atoms. The van der Waals surface area contributed by atoms with Gasteiger partial charge in [0.1, 0.15) is 46.9 Å². The van der Waals surface area contributed by atoms with Crippen molar-refractivity contribution in [2.24, 2.45) is 17.1 Å². The topological polar surface area (TPSA) is 278 Å². The third-order valence-corrected chi connectivity index (χ3v) is 13.3. The second-order valence-electron chi connectivity index (χ2n) is 20.0. The van der Waals surface area contributed by atoms with Crippen LogP contribution in [0.1, 0.15) is 112 Å². The van der Waals surface area contributed by atoms with Crippen LogP contribution in [0.4, 0.5) is 24.1 Å². The maximum absolute atomic E-state index is 15.0. The number of hydrogen-bond donors (Lipinski definition) is 7. The standard InChI is InChI=1S/C55H65F2N11O9S/c1-33(2)47(65-43(69)16-10-7-11-26-68-45(70)23-24-46(68)71)52(74)64-40(15-12-25-59-53(58)75)50(72)61-37-20-17-35(18-21-37)31-77-54(76)60-28-44-62-42(32-78-44)51(73)66-48(55(3,4)5)49-63-41(38-27-36(56)19-22-39(38)57)30-67(49)29-34-13-8-6-9-14-34/h6,8-9,13-14,17-24,27,30,32-33,40,47-48H,7,10-12,15-16,25-26,28-29,31H2,1-5H3,(H,60,76)(H,61,72)(H,64,74)(H,65,69)(H,66,73)(H3,58,59,75)/t40-,47-,48-/m0/s1. The lowest BCUT2D eigenvalue weighted by molar-refractivity contribution is -0.137. The van der Waals surface area contributed by atoms with Crippen molar-refractivity contribution < 1.29 is 51.9 Å². The Labute approximate surface area is 454 Å². The van der Waals surface area contributed by atoms with Crippen molar-refractivity contribution in [3.8, 4) is 11.3 Å². The van der Waals surface area contributed by atoms with E-state index in [-0.39, 0.29) is 86.1 Å². The number of urea groups is 1. The minimum Gasteiger partial charge on any atom is -0.445 e. The van der Waals surface area contributed by atoms with Gasteiger partial charge >= 0.3 is 12.1 Å². The number of imide groups is 1. The van der Waals surface area contributed by atoms with Gasteiger partial charge < -0.3 is 46.9 Å². The summed E-state index contributed by atoms with van der Waals surface area (Å²) in [7, 11) is 0. The van der Waals surface area contributed by atoms with Gasteiger partial charge in [-0.05, 0) is 78.5 Å². The molecule has 0 unspecified atom stereocenters. The van der Waals surface area contributed by atoms with Crippen LogP contribution in [0.2, 0.25) is 0 Å². The third kappa shape index (κ3) is 17.3. The van der Waals surface area contributed by atoms with Gasteiger partial charge in [-0.1, -0.05) is 83.5 Å². The number of primary amides is 1. The van der Waals surface area contributed by atoms with Crippen LogP contribution in [0.15, 0.2) is 96.5 Å². The van der Waals surface area contributed by atoms with Crippen molar-refractivity contribution in [1.29, 1.82) is 0 Å². The number of ether oxygens (including phenoxy) is 1. The number of nitrogens with one attached hydrogen (secondary N) is 6. The fourth-order valence-corrected chi connectivity index (χ4v) is 8.95. The van der Waals surface area contributed by atoms with Gasteiger partial charge in [0.05, 0.1) is 18.3 Å². The highest BCUT2D eigenvalue weighted by Gasteiger charge is 2.34. The van der Waals surface area contributed by atoms with E-state index in [1.54, 1.807) is 49.7 Å². The van der Waals surface area contributed by atoms with Gasteiger partial charge in [-0.2, -0.15) is 0 Å². The zero-order chi connectivity index (χ0) is 56.5. The molecule has 23 heteroatoms. The van der Waals surface area contributed by atoms with E-state index in [9.17, 15) is 42.7 Å². The van der Waals surface area contributed by atoms with Crippen LogP contribution < -0.4 is 37.6 Å². The Hall–Kier alpha value is -8.34. The van der Waals surface area contributed by atoms with Crippen molar-refractivity contribution in [2.45, 2.75) is 111 Å². The summed E-state index contributed by atoms with van der Waals surface area (Å²) in [5, 5.41) is 18.4. The highest BCUT2D eigenvalue weighted by Crippen LogP contribution is 2.35. The molecule has 1 aliphatic heterocycles. The second-order valence-corrected chi connectivity index (χ2v) is 20.9. The number of carbonyl (C=O) groups excluding carboxylic acids is 8. The number of rotatable bonds is 26. The zero-order valence-electron chi connectivity index (χ0n) is 44.0. The maximum atomic E-state index is 15.0. The van der Waals surface area contributed by atoms with Crippen molar-refractivity contribution in [3.63, 3.8) is 0 Å². The Kier molecular flexibility index (Phi) is 20.9. The molecule has 20 nitrogen and oxygen atoms in total. The van der Waals surface area contributed by atoms with E-state index in [4.69, 9.17) is 15.5 Å². The van der Waals surface area contributed by atoms with Crippen LogP contribution in [0.5, 0.6) is 0 Å². The van der Waals surface area contributed by atoms with Crippen LogP contribution in [0.25, 0.3) is 11.3 Å². The number of nitrogens with zero attached hydrogens (tertiary/aromatic N) is 4. The first kappa shape index (κ1) is 58.9. The van der Waals surface area contributed by atoms with Crippen LogP contribution in [-0.2, 0) is 48.4 Å². The summed E-state index contributed by atoms with van der Waals surface area (Å²) in [4.78, 5) is 112. The molecule has 5 aromatic rings. The molecule has 414 valence electrons. The lowest BCUT2D eigenvalue weighted by atomic mass is 9.86. The third-order valence-electron chi connectivity index (χ3n) is 12.4. The predicted molar refractivity (Wildman–Crippen MR) is 287 cm³/mol. The minimum absolute atomic E-state index is 0.0196. The molecule has 3 heterocycles. The number of hydrogen-bond acceptors (Lipinski definition) is 12. The SMILES string of the molecule is CC(C)[C@H](NC(=O)CCCCCN1C(=O)C=CC1=O)C(=O)N[C@@H](CCCNC(N)=O)C(=O)Nc1ccc(COC(=O)NCc2nc(C(=O)N[C@@H](c3nc(-c4cc(F)ccc4F)cn3Cc3ccccc3)C(C)(C)C)cs2)cc1. The van der Waals surface area contributed by atoms with E-state index < -0.39 is 65.0 Å². The van der Waals surface area contributed by atoms with Crippen LogP contribution in [-0.4, -0.2) is 92.2 Å². The lowest BCUT2D eigenvalue weighted by Crippen LogP contribution is -2.54. The number of benzene rings is 3. The molecule has 9 amide bonds. The number of imidazole rings is 1. The van der Waals surface area contributed by atoms with E-state index in [0.29, 0.717) is 47.9 Å². The molecule has 0 radical (unpaired) electrons. The molecule has 6 rings (SSSR count). The van der Waals surface area contributed by atoms with Gasteiger partial charge in [-0.3, -0.25) is 33.7 Å². The molecular weight excluding hydrogens is 1030 g/mol. The van der Waals surface area contributed by atoms with Crippen molar-refractivity contribution in [2.75, 3.05) is 18.4 Å². The highest BCUT2D eigenvalue weighted by atomic mass is 32.1. The largest absolute Gasteiger partial charge is 0.445 e. The van der Waals surface area contributed by atoms with Gasteiger partial charge in [-0.25, -0.2) is 28.3 Å². The first-order valence-corrected chi connectivity index (χ1v) is 26.3. The number of anilines is 1. The Morgan fingerprint density at radius 1 is 0.808 bits per heavy atom. The average molecular weight is 1090 g/mol. The zero-order valence-corrected chi connectivity index (χ0v) is 44.8. The second kappa shape index (κ2) is 27.6. The molecule has 2 aromatic heterocycles. The lowest BCUT2D eigenvalue weighted by Gasteiger charge is -2.31. The Morgan fingerprint density at radius 3 is 2.21 bits per heavy atom. The Balaban J connectivity index is 0.992. The molecule has 0 bridgehead atoms. The summed E-state index contributed by atoms with van der Waals surface area (Å²) in [6.45, 7) is 9.78. The number of unbranched alkanes of at least 4 members (excludes halogenated alkanes) is 2. The molecule has 0 aliphatic carbocycles. The van der Waals surface area contributed by atoms with Crippen LogP contribution in [0.3, 0.4) is 0 Å².